The lowest BCUT2D eigenvalue weighted by Gasteiger charge is -2.19. The number of anilines is 2. The van der Waals surface area contributed by atoms with E-state index in [4.69, 9.17) is 4.42 Å². The Bertz CT molecular complexity index is 1000. The van der Waals surface area contributed by atoms with Crippen LogP contribution in [0, 0.1) is 12.7 Å². The van der Waals surface area contributed by atoms with Gasteiger partial charge in [-0.2, -0.15) is 0 Å². The van der Waals surface area contributed by atoms with Gasteiger partial charge in [-0.25, -0.2) is 4.39 Å². The van der Waals surface area contributed by atoms with Crippen LogP contribution in [0.3, 0.4) is 0 Å². The normalized spacial score (nSPS) is 11.3. The molecule has 0 N–H and O–H groups in total. The van der Waals surface area contributed by atoms with Crippen molar-refractivity contribution in [2.75, 3.05) is 11.9 Å². The predicted octanol–water partition coefficient (Wildman–Crippen LogP) is 5.80. The highest BCUT2D eigenvalue weighted by molar-refractivity contribution is 6.10. The molecule has 0 aliphatic heterocycles. The molecule has 4 aromatic rings. The fourth-order valence-corrected chi connectivity index (χ4v) is 3.01. The largest absolute Gasteiger partial charge is 0.454 e. The second-order valence-electron chi connectivity index (χ2n) is 5.74. The smallest absolute Gasteiger partial charge is 0.159 e. The van der Waals surface area contributed by atoms with E-state index in [0.29, 0.717) is 0 Å². The van der Waals surface area contributed by atoms with Crippen molar-refractivity contribution >= 4 is 33.3 Å². The molecule has 0 unspecified atom stereocenters. The molecule has 0 spiro atoms. The molecular weight excluding hydrogens is 289 g/mol. The third kappa shape index (κ3) is 2.16. The first-order chi connectivity index (χ1) is 11.1. The number of aryl methyl sites for hydroxylation is 1. The molecule has 1 heterocycles. The molecule has 114 valence electrons. The number of fused-ring (bicyclic) bond motifs is 3. The number of hydrogen-bond acceptors (Lipinski definition) is 2. The number of hydrogen-bond donors (Lipinski definition) is 0. The molecule has 2 nitrogen and oxygen atoms in total. The lowest BCUT2D eigenvalue weighted by molar-refractivity contribution is 0.628. The molecule has 0 radical (unpaired) electrons. The first kappa shape index (κ1) is 13.8. The summed E-state index contributed by atoms with van der Waals surface area (Å²) in [5.74, 6) is -0.236. The molecule has 0 aliphatic rings. The zero-order valence-corrected chi connectivity index (χ0v) is 13.0. The molecule has 0 aliphatic carbocycles. The Morgan fingerprint density at radius 3 is 2.22 bits per heavy atom. The summed E-state index contributed by atoms with van der Waals surface area (Å²) in [7, 11) is 1.96. The zero-order chi connectivity index (χ0) is 16.0. The van der Waals surface area contributed by atoms with Gasteiger partial charge in [0.25, 0.3) is 0 Å². The molecule has 3 heteroatoms. The fraction of sp³-hybridized carbons (Fsp3) is 0.100. The molecule has 1 aromatic heterocycles. The minimum Gasteiger partial charge on any atom is -0.454 e. The number of halogens is 1. The molecule has 0 amide bonds. The molecule has 0 bridgehead atoms. The summed E-state index contributed by atoms with van der Waals surface area (Å²) in [4.78, 5) is 2.01. The maximum absolute atomic E-state index is 13.2. The van der Waals surface area contributed by atoms with Crippen molar-refractivity contribution in [2.24, 2.45) is 0 Å². The van der Waals surface area contributed by atoms with Crippen LogP contribution in [0.4, 0.5) is 15.8 Å². The van der Waals surface area contributed by atoms with Crippen LogP contribution < -0.4 is 4.90 Å². The Morgan fingerprint density at radius 2 is 1.48 bits per heavy atom. The summed E-state index contributed by atoms with van der Waals surface area (Å²) in [5, 5.41) is 2.21. The molecule has 0 saturated carbocycles. The summed E-state index contributed by atoms with van der Waals surface area (Å²) in [6, 6.07) is 18.8. The van der Waals surface area contributed by atoms with Gasteiger partial charge in [0.15, 0.2) is 5.58 Å². The van der Waals surface area contributed by atoms with Crippen LogP contribution in [0.2, 0.25) is 0 Å². The average molecular weight is 305 g/mol. The van der Waals surface area contributed by atoms with Gasteiger partial charge in [0.05, 0.1) is 5.69 Å². The van der Waals surface area contributed by atoms with E-state index in [9.17, 15) is 4.39 Å². The van der Waals surface area contributed by atoms with Crippen LogP contribution in [-0.4, -0.2) is 7.05 Å². The summed E-state index contributed by atoms with van der Waals surface area (Å²) < 4.78 is 19.3. The van der Waals surface area contributed by atoms with Gasteiger partial charge in [-0.15, -0.1) is 0 Å². The predicted molar refractivity (Wildman–Crippen MR) is 92.9 cm³/mol. The van der Waals surface area contributed by atoms with Gasteiger partial charge in [-0.1, -0.05) is 30.3 Å². The Hall–Kier alpha value is -2.81. The Morgan fingerprint density at radius 1 is 0.826 bits per heavy atom. The van der Waals surface area contributed by atoms with Gasteiger partial charge < -0.3 is 9.32 Å². The van der Waals surface area contributed by atoms with E-state index in [1.165, 1.54) is 12.1 Å². The first-order valence-electron chi connectivity index (χ1n) is 7.55. The van der Waals surface area contributed by atoms with Crippen molar-refractivity contribution in [3.63, 3.8) is 0 Å². The molecule has 0 fully saturated rings. The van der Waals surface area contributed by atoms with E-state index in [1.807, 2.05) is 43.1 Å². The maximum atomic E-state index is 13.2. The second-order valence-corrected chi connectivity index (χ2v) is 5.74. The molecule has 0 atom stereocenters. The second kappa shape index (κ2) is 5.13. The van der Waals surface area contributed by atoms with Crippen LogP contribution in [0.25, 0.3) is 21.9 Å². The number of furan rings is 1. The van der Waals surface area contributed by atoms with Gasteiger partial charge in [-0.3, -0.25) is 0 Å². The standard InChI is InChI=1S/C20H16FNO/c1-13-5-3-6-16-17-7-4-8-18(20(17)23-19(13)16)22(2)15-11-9-14(21)10-12-15/h3-12H,1-2H3. The van der Waals surface area contributed by atoms with Crippen molar-refractivity contribution in [3.05, 3.63) is 72.0 Å². The number of rotatable bonds is 2. The molecule has 3 aromatic carbocycles. The highest BCUT2D eigenvalue weighted by atomic mass is 19.1. The highest BCUT2D eigenvalue weighted by Crippen LogP contribution is 2.37. The average Bonchev–Trinajstić information content (AvgIpc) is 2.95. The summed E-state index contributed by atoms with van der Waals surface area (Å²) >= 11 is 0. The van der Waals surface area contributed by atoms with Crippen LogP contribution in [-0.2, 0) is 0 Å². The van der Waals surface area contributed by atoms with Gasteiger partial charge in [-0.05, 0) is 42.8 Å². The highest BCUT2D eigenvalue weighted by Gasteiger charge is 2.15. The van der Waals surface area contributed by atoms with Gasteiger partial charge in [0.1, 0.15) is 11.4 Å². The lowest BCUT2D eigenvalue weighted by Crippen LogP contribution is -2.09. The van der Waals surface area contributed by atoms with E-state index >= 15 is 0 Å². The van der Waals surface area contributed by atoms with Crippen LogP contribution in [0.15, 0.2) is 65.1 Å². The zero-order valence-electron chi connectivity index (χ0n) is 13.0. The van der Waals surface area contributed by atoms with Crippen LogP contribution in [0.5, 0.6) is 0 Å². The van der Waals surface area contributed by atoms with E-state index in [0.717, 1.165) is 38.9 Å². The Balaban J connectivity index is 1.95. The molecule has 4 rings (SSSR count). The maximum Gasteiger partial charge on any atom is 0.159 e. The van der Waals surface area contributed by atoms with Crippen molar-refractivity contribution < 1.29 is 8.81 Å². The van der Waals surface area contributed by atoms with Crippen molar-refractivity contribution in [1.82, 2.24) is 0 Å². The van der Waals surface area contributed by atoms with E-state index < -0.39 is 0 Å². The van der Waals surface area contributed by atoms with Crippen molar-refractivity contribution in [1.29, 1.82) is 0 Å². The monoisotopic (exact) mass is 305 g/mol. The number of nitrogens with zero attached hydrogens (tertiary/aromatic N) is 1. The van der Waals surface area contributed by atoms with Gasteiger partial charge >= 0.3 is 0 Å². The molecule has 23 heavy (non-hydrogen) atoms. The first-order valence-corrected chi connectivity index (χ1v) is 7.55. The molecule has 0 saturated heterocycles. The summed E-state index contributed by atoms with van der Waals surface area (Å²) in [6.07, 6.45) is 0. The quantitative estimate of drug-likeness (QED) is 0.465. The van der Waals surface area contributed by atoms with Crippen molar-refractivity contribution in [3.8, 4) is 0 Å². The lowest BCUT2D eigenvalue weighted by atomic mass is 10.1. The number of para-hydroxylation sites is 2. The van der Waals surface area contributed by atoms with E-state index in [2.05, 4.69) is 12.1 Å². The Kier molecular flexibility index (Phi) is 3.08. The number of benzene rings is 3. The third-order valence-electron chi connectivity index (χ3n) is 4.28. The minimum atomic E-state index is -0.236. The van der Waals surface area contributed by atoms with Crippen LogP contribution >= 0.6 is 0 Å². The van der Waals surface area contributed by atoms with Gasteiger partial charge in [0, 0.05) is 23.5 Å². The summed E-state index contributed by atoms with van der Waals surface area (Å²) in [6.45, 7) is 2.05. The van der Waals surface area contributed by atoms with E-state index in [1.54, 1.807) is 12.1 Å². The van der Waals surface area contributed by atoms with Gasteiger partial charge in [0.2, 0.25) is 0 Å². The summed E-state index contributed by atoms with van der Waals surface area (Å²) in [5.41, 5.74) is 4.76. The molecular formula is C20H16FNO. The Labute approximate surface area is 133 Å². The minimum absolute atomic E-state index is 0.236. The van der Waals surface area contributed by atoms with E-state index in [-0.39, 0.29) is 5.82 Å². The van der Waals surface area contributed by atoms with Crippen LogP contribution in [0.1, 0.15) is 5.56 Å². The van der Waals surface area contributed by atoms with Crippen molar-refractivity contribution in [2.45, 2.75) is 6.92 Å². The third-order valence-corrected chi connectivity index (χ3v) is 4.28. The SMILES string of the molecule is Cc1cccc2c1oc1c(N(C)c3ccc(F)cc3)cccc12. The topological polar surface area (TPSA) is 16.4 Å². The fourth-order valence-electron chi connectivity index (χ4n) is 3.01.